The summed E-state index contributed by atoms with van der Waals surface area (Å²) in [6, 6.07) is 4.88. The highest BCUT2D eigenvalue weighted by Gasteiger charge is 2.51. The fourth-order valence-electron chi connectivity index (χ4n) is 2.24. The van der Waals surface area contributed by atoms with E-state index < -0.39 is 5.82 Å². The molecule has 94 valence electrons. The van der Waals surface area contributed by atoms with Crippen LogP contribution in [-0.4, -0.2) is 19.8 Å². The number of halogens is 2. The van der Waals surface area contributed by atoms with E-state index in [4.69, 9.17) is 22.1 Å². The third kappa shape index (κ3) is 1.86. The Bertz CT molecular complexity index is 429. The van der Waals surface area contributed by atoms with Crippen LogP contribution in [0.5, 0.6) is 0 Å². The van der Waals surface area contributed by atoms with Crippen LogP contribution in [0.15, 0.2) is 18.2 Å². The van der Waals surface area contributed by atoms with Crippen LogP contribution in [0.1, 0.15) is 19.4 Å². The molecule has 1 fully saturated rings. The van der Waals surface area contributed by atoms with Crippen LogP contribution in [0.4, 0.5) is 4.39 Å². The third-order valence-corrected chi connectivity index (χ3v) is 4.26. The van der Waals surface area contributed by atoms with Gasteiger partial charge in [0.25, 0.3) is 0 Å². The van der Waals surface area contributed by atoms with Crippen LogP contribution in [0.25, 0.3) is 0 Å². The average Bonchev–Trinajstić information content (AvgIpc) is 2.21. The maximum absolute atomic E-state index is 13.2. The van der Waals surface area contributed by atoms with Gasteiger partial charge < -0.3 is 10.5 Å². The van der Waals surface area contributed by atoms with Crippen molar-refractivity contribution in [2.45, 2.75) is 19.3 Å². The van der Waals surface area contributed by atoms with Crippen molar-refractivity contribution in [3.05, 3.63) is 34.6 Å². The quantitative estimate of drug-likeness (QED) is 0.904. The molecule has 1 aromatic rings. The maximum Gasteiger partial charge on any atom is 0.141 e. The Labute approximate surface area is 106 Å². The molecule has 0 saturated carbocycles. The molecule has 0 atom stereocenters. The van der Waals surface area contributed by atoms with Gasteiger partial charge in [0.1, 0.15) is 5.82 Å². The van der Waals surface area contributed by atoms with Gasteiger partial charge in [-0.3, -0.25) is 0 Å². The second kappa shape index (κ2) is 4.23. The van der Waals surface area contributed by atoms with E-state index in [1.54, 1.807) is 12.1 Å². The van der Waals surface area contributed by atoms with Gasteiger partial charge in [0.2, 0.25) is 0 Å². The molecule has 1 aromatic carbocycles. The summed E-state index contributed by atoms with van der Waals surface area (Å²) < 4.78 is 18.6. The molecule has 1 heterocycles. The molecule has 0 spiro atoms. The minimum absolute atomic E-state index is 0.105. The first-order chi connectivity index (χ1) is 7.93. The minimum Gasteiger partial charge on any atom is -0.379 e. The Morgan fingerprint density at radius 3 is 2.53 bits per heavy atom. The molecule has 0 aliphatic carbocycles. The van der Waals surface area contributed by atoms with Gasteiger partial charge in [-0.1, -0.05) is 31.5 Å². The Morgan fingerprint density at radius 1 is 1.47 bits per heavy atom. The molecule has 1 saturated heterocycles. The SMILES string of the molecule is CC(C)(CN)C1(c2ccc(F)c(Cl)c2)COC1. The van der Waals surface area contributed by atoms with Crippen molar-refractivity contribution in [2.75, 3.05) is 19.8 Å². The van der Waals surface area contributed by atoms with Gasteiger partial charge in [0, 0.05) is 5.41 Å². The summed E-state index contributed by atoms with van der Waals surface area (Å²) in [5.74, 6) is -0.392. The van der Waals surface area contributed by atoms with Crippen LogP contribution in [0, 0.1) is 11.2 Å². The van der Waals surface area contributed by atoms with Gasteiger partial charge in [-0.15, -0.1) is 0 Å². The molecule has 0 radical (unpaired) electrons. The van der Waals surface area contributed by atoms with Crippen LogP contribution < -0.4 is 5.73 Å². The van der Waals surface area contributed by atoms with Crippen LogP contribution in [-0.2, 0) is 10.2 Å². The largest absolute Gasteiger partial charge is 0.379 e. The van der Waals surface area contributed by atoms with E-state index in [1.807, 2.05) is 0 Å². The molecule has 0 amide bonds. The number of hydrogen-bond donors (Lipinski definition) is 1. The highest BCUT2D eigenvalue weighted by molar-refractivity contribution is 6.30. The zero-order valence-electron chi connectivity index (χ0n) is 10.1. The second-order valence-electron chi connectivity index (χ2n) is 5.29. The van der Waals surface area contributed by atoms with E-state index in [0.717, 1.165) is 5.56 Å². The Balaban J connectivity index is 2.45. The summed E-state index contributed by atoms with van der Waals surface area (Å²) in [7, 11) is 0. The molecule has 17 heavy (non-hydrogen) atoms. The van der Waals surface area contributed by atoms with Crippen molar-refractivity contribution in [2.24, 2.45) is 11.1 Å². The molecule has 1 aliphatic rings. The van der Waals surface area contributed by atoms with Gasteiger partial charge in [-0.2, -0.15) is 0 Å². The van der Waals surface area contributed by atoms with Gasteiger partial charge in [-0.05, 0) is 29.7 Å². The first-order valence-corrected chi connectivity index (χ1v) is 6.04. The number of benzene rings is 1. The monoisotopic (exact) mass is 257 g/mol. The highest BCUT2D eigenvalue weighted by Crippen LogP contribution is 2.47. The second-order valence-corrected chi connectivity index (χ2v) is 5.70. The van der Waals surface area contributed by atoms with Crippen LogP contribution in [0.2, 0.25) is 5.02 Å². The zero-order valence-corrected chi connectivity index (χ0v) is 10.9. The Morgan fingerprint density at radius 2 is 2.12 bits per heavy atom. The van der Waals surface area contributed by atoms with E-state index in [1.165, 1.54) is 6.07 Å². The standard InChI is InChI=1S/C13H17ClFNO/c1-12(2,6-16)13(7-17-8-13)9-3-4-11(15)10(14)5-9/h3-5H,6-8,16H2,1-2H3. The van der Waals surface area contributed by atoms with Crippen LogP contribution >= 0.6 is 11.6 Å². The normalized spacial score (nSPS) is 18.9. The molecule has 0 aromatic heterocycles. The van der Waals surface area contributed by atoms with Crippen molar-refractivity contribution in [1.29, 1.82) is 0 Å². The summed E-state index contributed by atoms with van der Waals surface area (Å²) in [5, 5.41) is 0.154. The Kier molecular flexibility index (Phi) is 3.19. The topological polar surface area (TPSA) is 35.2 Å². The summed E-state index contributed by atoms with van der Waals surface area (Å²) in [5.41, 5.74) is 6.59. The van der Waals surface area contributed by atoms with Gasteiger partial charge in [-0.25, -0.2) is 4.39 Å². The number of nitrogens with two attached hydrogens (primary N) is 1. The van der Waals surface area contributed by atoms with E-state index in [2.05, 4.69) is 13.8 Å². The molecular formula is C13H17ClFNO. The molecule has 2 N–H and O–H groups in total. The van der Waals surface area contributed by atoms with E-state index in [-0.39, 0.29) is 15.9 Å². The molecule has 2 rings (SSSR count). The van der Waals surface area contributed by atoms with Crippen molar-refractivity contribution in [3.63, 3.8) is 0 Å². The lowest BCUT2D eigenvalue weighted by Crippen LogP contribution is -2.59. The minimum atomic E-state index is -0.392. The average molecular weight is 258 g/mol. The number of hydrogen-bond acceptors (Lipinski definition) is 2. The van der Waals surface area contributed by atoms with Gasteiger partial charge in [0.15, 0.2) is 0 Å². The first kappa shape index (κ1) is 12.8. The summed E-state index contributed by atoms with van der Waals surface area (Å²) >= 11 is 5.85. The highest BCUT2D eigenvalue weighted by atomic mass is 35.5. The van der Waals surface area contributed by atoms with Crippen molar-refractivity contribution in [3.8, 4) is 0 Å². The predicted octanol–water partition coefficient (Wildman–Crippen LogP) is 2.73. The van der Waals surface area contributed by atoms with Gasteiger partial charge >= 0.3 is 0 Å². The fourth-order valence-corrected chi connectivity index (χ4v) is 2.42. The first-order valence-electron chi connectivity index (χ1n) is 5.66. The molecule has 2 nitrogen and oxygen atoms in total. The number of rotatable bonds is 3. The zero-order chi connectivity index (χ0) is 12.7. The van der Waals surface area contributed by atoms with E-state index >= 15 is 0 Å². The lowest BCUT2D eigenvalue weighted by molar-refractivity contribution is -0.116. The maximum atomic E-state index is 13.2. The lowest BCUT2D eigenvalue weighted by atomic mass is 9.60. The van der Waals surface area contributed by atoms with E-state index in [9.17, 15) is 4.39 Å². The third-order valence-electron chi connectivity index (χ3n) is 3.97. The Hall–Kier alpha value is -0.640. The van der Waals surface area contributed by atoms with Crippen LogP contribution in [0.3, 0.4) is 0 Å². The van der Waals surface area contributed by atoms with Crippen molar-refractivity contribution >= 4 is 11.6 Å². The molecule has 0 unspecified atom stereocenters. The molecule has 0 bridgehead atoms. The smallest absolute Gasteiger partial charge is 0.141 e. The summed E-state index contributed by atoms with van der Waals surface area (Å²) in [4.78, 5) is 0. The molecular weight excluding hydrogens is 241 g/mol. The molecule has 1 aliphatic heterocycles. The van der Waals surface area contributed by atoms with Crippen molar-refractivity contribution in [1.82, 2.24) is 0 Å². The van der Waals surface area contributed by atoms with Gasteiger partial charge in [0.05, 0.1) is 18.2 Å². The summed E-state index contributed by atoms with van der Waals surface area (Å²) in [6.45, 7) is 5.98. The number of ether oxygens (including phenoxy) is 1. The fraction of sp³-hybridized carbons (Fsp3) is 0.538. The predicted molar refractivity (Wildman–Crippen MR) is 66.7 cm³/mol. The van der Waals surface area contributed by atoms with Crippen molar-refractivity contribution < 1.29 is 9.13 Å². The molecule has 4 heteroatoms. The lowest BCUT2D eigenvalue weighted by Gasteiger charge is -2.52. The van der Waals surface area contributed by atoms with E-state index in [0.29, 0.717) is 19.8 Å². The summed E-state index contributed by atoms with van der Waals surface area (Å²) in [6.07, 6.45) is 0.